The van der Waals surface area contributed by atoms with Gasteiger partial charge in [-0.05, 0) is 36.2 Å². The van der Waals surface area contributed by atoms with Gasteiger partial charge in [-0.2, -0.15) is 13.2 Å². The summed E-state index contributed by atoms with van der Waals surface area (Å²) < 4.78 is 67.3. The van der Waals surface area contributed by atoms with Crippen LogP contribution in [-0.2, 0) is 22.3 Å². The third kappa shape index (κ3) is 6.03. The molecule has 0 bridgehead atoms. The lowest BCUT2D eigenvalue weighted by molar-refractivity contribution is -0.155. The van der Waals surface area contributed by atoms with Gasteiger partial charge >= 0.3 is 6.18 Å². The second kappa shape index (κ2) is 11.5. The third-order valence-electron chi connectivity index (χ3n) is 6.57. The Morgan fingerprint density at radius 3 is 2.46 bits per heavy atom. The van der Waals surface area contributed by atoms with Crippen molar-refractivity contribution < 1.29 is 36.6 Å². The first-order valence-corrected chi connectivity index (χ1v) is 12.6. The molecule has 0 unspecified atom stereocenters. The topological polar surface area (TPSA) is 85.8 Å². The van der Waals surface area contributed by atoms with Gasteiger partial charge in [-0.15, -0.1) is 0 Å². The number of hydrogen-bond acceptors (Lipinski definition) is 5. The smallest absolute Gasteiger partial charge is 0.433 e. The Labute approximate surface area is 236 Å². The van der Waals surface area contributed by atoms with Crippen LogP contribution < -0.4 is 5.32 Å². The molecule has 1 atom stereocenters. The number of aromatic nitrogens is 1. The van der Waals surface area contributed by atoms with Crippen LogP contribution in [0.2, 0.25) is 5.02 Å². The second-order valence-corrected chi connectivity index (χ2v) is 10.1. The molecule has 0 saturated heterocycles. The zero-order valence-corrected chi connectivity index (χ0v) is 22.7. The molecule has 0 radical (unpaired) electrons. The number of hydrogen-bond donors (Lipinski definition) is 2. The average Bonchev–Trinajstić information content (AvgIpc) is 2.89. The lowest BCUT2D eigenvalue weighted by Gasteiger charge is -2.43. The van der Waals surface area contributed by atoms with E-state index >= 15 is 0 Å². The minimum Gasteiger partial charge on any atom is -0.510 e. The first-order chi connectivity index (χ1) is 19.2. The Bertz CT molecular complexity index is 1530. The number of carbonyl (C=O) groups excluding carboxylic acids is 2. The number of benzene rings is 2. The molecule has 0 saturated carbocycles. The zero-order valence-electron chi connectivity index (χ0n) is 21.9. The Kier molecular flexibility index (Phi) is 8.36. The summed E-state index contributed by atoms with van der Waals surface area (Å²) in [6.45, 7) is 3.03. The van der Waals surface area contributed by atoms with Crippen molar-refractivity contribution in [3.05, 3.63) is 94.0 Å². The van der Waals surface area contributed by atoms with E-state index in [4.69, 9.17) is 11.6 Å². The van der Waals surface area contributed by atoms with Gasteiger partial charge in [0, 0.05) is 40.6 Å². The van der Waals surface area contributed by atoms with Gasteiger partial charge in [0.05, 0.1) is 12.6 Å². The molecule has 7 nitrogen and oxygen atoms in total. The number of aliphatic hydroxyl groups excluding tert-OH is 1. The van der Waals surface area contributed by atoms with Crippen LogP contribution in [0.25, 0.3) is 11.1 Å². The van der Waals surface area contributed by atoms with Crippen LogP contribution in [0.5, 0.6) is 0 Å². The molecular formula is C28H24ClF5N4O3. The second-order valence-electron chi connectivity index (χ2n) is 9.67. The summed E-state index contributed by atoms with van der Waals surface area (Å²) in [7, 11) is 1.47. The molecule has 1 aliphatic rings. The molecule has 4 rings (SSSR count). The van der Waals surface area contributed by atoms with Gasteiger partial charge in [-0.3, -0.25) is 19.6 Å². The van der Waals surface area contributed by atoms with E-state index in [1.807, 2.05) is 0 Å². The van der Waals surface area contributed by atoms with Crippen molar-refractivity contribution in [2.24, 2.45) is 5.92 Å². The van der Waals surface area contributed by atoms with E-state index in [1.54, 1.807) is 13.8 Å². The van der Waals surface area contributed by atoms with Gasteiger partial charge in [0.15, 0.2) is 11.6 Å². The van der Waals surface area contributed by atoms with Crippen LogP contribution in [0.15, 0.2) is 66.1 Å². The molecule has 0 spiro atoms. The van der Waals surface area contributed by atoms with E-state index in [0.29, 0.717) is 0 Å². The summed E-state index contributed by atoms with van der Waals surface area (Å²) in [5.74, 6) is -5.14. The zero-order chi connectivity index (χ0) is 30.2. The molecule has 216 valence electrons. The number of anilines is 1. The molecule has 3 aromatic rings. The largest absolute Gasteiger partial charge is 0.510 e. The molecule has 1 aromatic heterocycles. The monoisotopic (exact) mass is 594 g/mol. The van der Waals surface area contributed by atoms with Crippen molar-refractivity contribution in [3.8, 4) is 11.1 Å². The number of halogens is 6. The van der Waals surface area contributed by atoms with Crippen molar-refractivity contribution in [1.82, 2.24) is 15.0 Å². The van der Waals surface area contributed by atoms with Crippen molar-refractivity contribution >= 4 is 29.1 Å². The molecule has 13 heteroatoms. The molecule has 2 amide bonds. The summed E-state index contributed by atoms with van der Waals surface area (Å²) in [5.41, 5.74) is -1.44. The quantitative estimate of drug-likeness (QED) is 0.256. The highest BCUT2D eigenvalue weighted by Crippen LogP contribution is 2.35. The van der Waals surface area contributed by atoms with E-state index in [2.05, 4.69) is 10.3 Å². The molecule has 0 fully saturated rings. The maximum absolute atomic E-state index is 14.5. The molecule has 2 N–H and O–H groups in total. The number of amides is 2. The van der Waals surface area contributed by atoms with E-state index in [0.717, 1.165) is 29.4 Å². The number of pyridine rings is 1. The summed E-state index contributed by atoms with van der Waals surface area (Å²) in [6, 6.07) is 8.73. The summed E-state index contributed by atoms with van der Waals surface area (Å²) in [4.78, 5) is 30.5. The maximum Gasteiger partial charge on any atom is 0.433 e. The molecule has 1 aliphatic heterocycles. The Hall–Kier alpha value is -4.03. The third-order valence-corrected chi connectivity index (χ3v) is 6.81. The van der Waals surface area contributed by atoms with Crippen molar-refractivity contribution in [1.29, 1.82) is 0 Å². The van der Waals surface area contributed by atoms with Gasteiger partial charge in [0.1, 0.15) is 17.0 Å². The van der Waals surface area contributed by atoms with E-state index in [9.17, 15) is 36.6 Å². The molecule has 2 heterocycles. The number of nitrogens with one attached hydrogen (secondary N) is 1. The first kappa shape index (κ1) is 29.9. The van der Waals surface area contributed by atoms with Crippen LogP contribution in [0.1, 0.15) is 25.1 Å². The number of hydrazine groups is 1. The van der Waals surface area contributed by atoms with Crippen LogP contribution in [-0.4, -0.2) is 45.0 Å². The highest BCUT2D eigenvalue weighted by Gasteiger charge is 2.43. The average molecular weight is 595 g/mol. The van der Waals surface area contributed by atoms with Crippen molar-refractivity contribution in [2.75, 3.05) is 12.4 Å². The summed E-state index contributed by atoms with van der Waals surface area (Å²) >= 11 is 6.11. The fourth-order valence-electron chi connectivity index (χ4n) is 4.60. The number of likely N-dealkylation sites (N-methyl/N-ethyl adjacent to an activating group) is 1. The summed E-state index contributed by atoms with van der Waals surface area (Å²) in [5, 5.41) is 16.2. The standard InChI is InChI=1S/C28H24ClF5N4O3/c1-14(2)24-25(39)22(27(41)38(37(24)3)13-16-5-4-6-19(30)23(16)31)26(40)36-20-9-8-17(29)11-18(20)15-7-10-21(35-12-15)28(32,33)34/h4-12,14,24,39H,13H2,1-3H3,(H,36,40)/t24-/m1/s1. The number of aliphatic hydroxyl groups is 1. The molecule has 0 aliphatic carbocycles. The molecule has 41 heavy (non-hydrogen) atoms. The first-order valence-electron chi connectivity index (χ1n) is 12.3. The highest BCUT2D eigenvalue weighted by atomic mass is 35.5. The van der Waals surface area contributed by atoms with Gasteiger partial charge in [-0.1, -0.05) is 43.6 Å². The van der Waals surface area contributed by atoms with Gasteiger partial charge < -0.3 is 10.4 Å². The minimum absolute atomic E-state index is 0.0665. The van der Waals surface area contributed by atoms with Gasteiger partial charge in [0.2, 0.25) is 0 Å². The predicted octanol–water partition coefficient (Wildman–Crippen LogP) is 6.36. The molecular weight excluding hydrogens is 571 g/mol. The van der Waals surface area contributed by atoms with Crippen LogP contribution >= 0.6 is 11.6 Å². The highest BCUT2D eigenvalue weighted by molar-refractivity contribution is 6.31. The summed E-state index contributed by atoms with van der Waals surface area (Å²) in [6.07, 6.45) is -3.69. The van der Waals surface area contributed by atoms with Crippen LogP contribution in [0.3, 0.4) is 0 Å². The maximum atomic E-state index is 14.5. The minimum atomic E-state index is -4.66. The number of nitrogens with zero attached hydrogens (tertiary/aromatic N) is 3. The Morgan fingerprint density at radius 1 is 1.15 bits per heavy atom. The Balaban J connectivity index is 1.71. The Morgan fingerprint density at radius 2 is 1.85 bits per heavy atom. The number of carbonyl (C=O) groups is 2. The lowest BCUT2D eigenvalue weighted by atomic mass is 9.95. The van der Waals surface area contributed by atoms with Crippen molar-refractivity contribution in [2.45, 2.75) is 32.6 Å². The van der Waals surface area contributed by atoms with Crippen LogP contribution in [0, 0.1) is 17.6 Å². The lowest BCUT2D eigenvalue weighted by Crippen LogP contribution is -2.57. The van der Waals surface area contributed by atoms with Gasteiger partial charge in [-0.25, -0.2) is 13.8 Å². The fourth-order valence-corrected chi connectivity index (χ4v) is 4.77. The number of alkyl halides is 3. The predicted molar refractivity (Wildman–Crippen MR) is 141 cm³/mol. The normalized spacial score (nSPS) is 16.5. The van der Waals surface area contributed by atoms with Gasteiger partial charge in [0.25, 0.3) is 11.8 Å². The van der Waals surface area contributed by atoms with E-state index < -0.39 is 59.2 Å². The van der Waals surface area contributed by atoms with E-state index in [-0.39, 0.29) is 33.3 Å². The van der Waals surface area contributed by atoms with Crippen LogP contribution in [0.4, 0.5) is 27.6 Å². The fraction of sp³-hybridized carbons (Fsp3) is 0.250. The van der Waals surface area contributed by atoms with E-state index in [1.165, 1.54) is 42.4 Å². The number of rotatable bonds is 6. The van der Waals surface area contributed by atoms with Crippen molar-refractivity contribution in [3.63, 3.8) is 0 Å². The molecule has 2 aromatic carbocycles. The SMILES string of the molecule is CC(C)[C@@H]1C(O)=C(C(=O)Nc2ccc(Cl)cc2-c2ccc(C(F)(F)F)nc2)C(=O)N(Cc2cccc(F)c2F)N1C.